The molecule has 0 saturated carbocycles. The van der Waals surface area contributed by atoms with E-state index in [0.29, 0.717) is 26.0 Å². The molecule has 0 aliphatic carbocycles. The summed E-state index contributed by atoms with van der Waals surface area (Å²) in [5.74, 6) is 0.833. The minimum Gasteiger partial charge on any atom is -0.383 e. The first kappa shape index (κ1) is 18.1. The fraction of sp³-hybridized carbons (Fsp3) is 0.350. The molecule has 0 atom stereocenters. The summed E-state index contributed by atoms with van der Waals surface area (Å²) >= 11 is 0. The number of imidazole rings is 1. The lowest BCUT2D eigenvalue weighted by Gasteiger charge is -2.09. The van der Waals surface area contributed by atoms with Crippen LogP contribution in [0, 0.1) is 13.8 Å². The van der Waals surface area contributed by atoms with E-state index in [2.05, 4.69) is 21.4 Å². The van der Waals surface area contributed by atoms with Crippen molar-refractivity contribution in [1.82, 2.24) is 14.5 Å². The maximum atomic E-state index is 12.4. The van der Waals surface area contributed by atoms with Crippen molar-refractivity contribution in [3.8, 4) is 0 Å². The van der Waals surface area contributed by atoms with Gasteiger partial charge < -0.3 is 14.6 Å². The standard InChI is InChI=1S/C20H24N4O2/c1-14-11-15(2)13-16(12-14)22-19(25)7-6-18-23-17-5-4-8-21-20(17)24(18)9-10-26-3/h4-5,8,11-13H,6-7,9-10H2,1-3H3,(H,22,25). The first-order chi connectivity index (χ1) is 12.6. The van der Waals surface area contributed by atoms with Crippen LogP contribution < -0.4 is 5.32 Å². The number of aromatic nitrogens is 3. The van der Waals surface area contributed by atoms with Gasteiger partial charge in [-0.3, -0.25) is 4.79 Å². The monoisotopic (exact) mass is 352 g/mol. The summed E-state index contributed by atoms with van der Waals surface area (Å²) in [5.41, 5.74) is 4.77. The van der Waals surface area contributed by atoms with Crippen LogP contribution in [-0.2, 0) is 22.5 Å². The van der Waals surface area contributed by atoms with E-state index in [-0.39, 0.29) is 5.91 Å². The summed E-state index contributed by atoms with van der Waals surface area (Å²) in [6, 6.07) is 9.84. The molecule has 26 heavy (non-hydrogen) atoms. The molecule has 0 saturated heterocycles. The number of aryl methyl sites for hydroxylation is 3. The molecular weight excluding hydrogens is 328 g/mol. The van der Waals surface area contributed by atoms with Crippen LogP contribution in [0.1, 0.15) is 23.4 Å². The lowest BCUT2D eigenvalue weighted by atomic mass is 10.1. The van der Waals surface area contributed by atoms with Crippen LogP contribution in [0.25, 0.3) is 11.2 Å². The van der Waals surface area contributed by atoms with Gasteiger partial charge in [0.15, 0.2) is 5.65 Å². The number of benzene rings is 1. The number of ether oxygens (including phenoxy) is 1. The second-order valence-corrected chi connectivity index (χ2v) is 6.44. The number of nitrogens with zero attached hydrogens (tertiary/aromatic N) is 3. The van der Waals surface area contributed by atoms with Crippen molar-refractivity contribution in [2.75, 3.05) is 19.0 Å². The third-order valence-electron chi connectivity index (χ3n) is 4.18. The van der Waals surface area contributed by atoms with Gasteiger partial charge in [-0.1, -0.05) is 6.07 Å². The second-order valence-electron chi connectivity index (χ2n) is 6.44. The number of pyridine rings is 1. The Morgan fingerprint density at radius 1 is 1.23 bits per heavy atom. The maximum Gasteiger partial charge on any atom is 0.224 e. The molecule has 1 aromatic carbocycles. The van der Waals surface area contributed by atoms with E-state index in [1.807, 2.05) is 42.7 Å². The summed E-state index contributed by atoms with van der Waals surface area (Å²) < 4.78 is 7.22. The molecule has 136 valence electrons. The Balaban J connectivity index is 1.71. The number of carbonyl (C=O) groups is 1. The molecule has 0 aliphatic rings. The van der Waals surface area contributed by atoms with Crippen LogP contribution >= 0.6 is 0 Å². The quantitative estimate of drug-likeness (QED) is 0.708. The molecule has 6 heteroatoms. The van der Waals surface area contributed by atoms with Crippen LogP contribution in [0.5, 0.6) is 0 Å². The highest BCUT2D eigenvalue weighted by Crippen LogP contribution is 2.17. The lowest BCUT2D eigenvalue weighted by molar-refractivity contribution is -0.116. The topological polar surface area (TPSA) is 69.0 Å². The van der Waals surface area contributed by atoms with Crippen LogP contribution in [0.3, 0.4) is 0 Å². The number of hydrogen-bond acceptors (Lipinski definition) is 4. The van der Waals surface area contributed by atoms with Crippen LogP contribution in [0.15, 0.2) is 36.5 Å². The number of anilines is 1. The molecule has 0 spiro atoms. The smallest absolute Gasteiger partial charge is 0.224 e. The molecule has 0 bridgehead atoms. The predicted octanol–water partition coefficient (Wildman–Crippen LogP) is 3.27. The molecule has 0 unspecified atom stereocenters. The molecule has 1 amide bonds. The molecule has 3 aromatic rings. The van der Waals surface area contributed by atoms with Crippen molar-refractivity contribution in [3.63, 3.8) is 0 Å². The van der Waals surface area contributed by atoms with Gasteiger partial charge in [-0.2, -0.15) is 0 Å². The number of methoxy groups -OCH3 is 1. The third kappa shape index (κ3) is 4.26. The van der Waals surface area contributed by atoms with Gasteiger partial charge >= 0.3 is 0 Å². The zero-order chi connectivity index (χ0) is 18.5. The normalized spacial score (nSPS) is 11.0. The summed E-state index contributed by atoms with van der Waals surface area (Å²) in [5, 5.41) is 2.97. The highest BCUT2D eigenvalue weighted by molar-refractivity contribution is 5.91. The first-order valence-electron chi connectivity index (χ1n) is 8.74. The van der Waals surface area contributed by atoms with E-state index in [1.165, 1.54) is 0 Å². The summed E-state index contributed by atoms with van der Waals surface area (Å²) in [4.78, 5) is 21.4. The van der Waals surface area contributed by atoms with E-state index >= 15 is 0 Å². The fourth-order valence-corrected chi connectivity index (χ4v) is 3.11. The van der Waals surface area contributed by atoms with Crippen molar-refractivity contribution in [3.05, 3.63) is 53.5 Å². The van der Waals surface area contributed by atoms with Crippen molar-refractivity contribution >= 4 is 22.8 Å². The molecule has 0 aliphatic heterocycles. The van der Waals surface area contributed by atoms with Gasteiger partial charge in [-0.25, -0.2) is 9.97 Å². The number of fused-ring (bicyclic) bond motifs is 1. The number of nitrogens with one attached hydrogen (secondary N) is 1. The van der Waals surface area contributed by atoms with Crippen LogP contribution in [0.4, 0.5) is 5.69 Å². The molecular formula is C20H24N4O2. The Bertz CT molecular complexity index is 897. The van der Waals surface area contributed by atoms with E-state index in [9.17, 15) is 4.79 Å². The Labute approximate surface area is 153 Å². The van der Waals surface area contributed by atoms with E-state index in [1.54, 1.807) is 13.3 Å². The van der Waals surface area contributed by atoms with E-state index in [0.717, 1.165) is 33.8 Å². The van der Waals surface area contributed by atoms with Gasteiger partial charge in [0.05, 0.1) is 6.61 Å². The number of amides is 1. The Hall–Kier alpha value is -2.73. The summed E-state index contributed by atoms with van der Waals surface area (Å²) in [6.45, 7) is 5.28. The molecule has 3 rings (SSSR count). The minimum atomic E-state index is -0.0201. The molecule has 2 heterocycles. The van der Waals surface area contributed by atoms with Gasteiger partial charge in [0.25, 0.3) is 0 Å². The number of carbonyl (C=O) groups excluding carboxylic acids is 1. The predicted molar refractivity (Wildman–Crippen MR) is 102 cm³/mol. The number of hydrogen-bond donors (Lipinski definition) is 1. The average Bonchev–Trinajstić information content (AvgIpc) is 2.95. The van der Waals surface area contributed by atoms with Crippen molar-refractivity contribution in [1.29, 1.82) is 0 Å². The minimum absolute atomic E-state index is 0.0201. The van der Waals surface area contributed by atoms with Crippen molar-refractivity contribution in [2.24, 2.45) is 0 Å². The Morgan fingerprint density at radius 2 is 2.00 bits per heavy atom. The van der Waals surface area contributed by atoms with Gasteiger partial charge in [0.1, 0.15) is 11.3 Å². The molecule has 6 nitrogen and oxygen atoms in total. The third-order valence-corrected chi connectivity index (χ3v) is 4.18. The van der Waals surface area contributed by atoms with E-state index < -0.39 is 0 Å². The zero-order valence-electron chi connectivity index (χ0n) is 15.5. The van der Waals surface area contributed by atoms with Crippen LogP contribution in [0.2, 0.25) is 0 Å². The largest absolute Gasteiger partial charge is 0.383 e. The van der Waals surface area contributed by atoms with Gasteiger partial charge in [0, 0.05) is 38.4 Å². The summed E-state index contributed by atoms with van der Waals surface area (Å²) in [6.07, 6.45) is 2.67. The summed E-state index contributed by atoms with van der Waals surface area (Å²) in [7, 11) is 1.67. The van der Waals surface area contributed by atoms with Gasteiger partial charge in [0.2, 0.25) is 5.91 Å². The fourth-order valence-electron chi connectivity index (χ4n) is 3.11. The molecule has 1 N–H and O–H groups in total. The maximum absolute atomic E-state index is 12.4. The van der Waals surface area contributed by atoms with Gasteiger partial charge in [-0.05, 0) is 49.2 Å². The molecule has 2 aromatic heterocycles. The van der Waals surface area contributed by atoms with E-state index in [4.69, 9.17) is 4.74 Å². The first-order valence-corrected chi connectivity index (χ1v) is 8.74. The van der Waals surface area contributed by atoms with Crippen molar-refractivity contribution in [2.45, 2.75) is 33.2 Å². The SMILES string of the molecule is COCCn1c(CCC(=O)Nc2cc(C)cc(C)c2)nc2cccnc21. The second kappa shape index (κ2) is 8.10. The Morgan fingerprint density at radius 3 is 2.73 bits per heavy atom. The van der Waals surface area contributed by atoms with Crippen molar-refractivity contribution < 1.29 is 9.53 Å². The lowest BCUT2D eigenvalue weighted by Crippen LogP contribution is -2.15. The highest BCUT2D eigenvalue weighted by Gasteiger charge is 2.13. The zero-order valence-corrected chi connectivity index (χ0v) is 15.5. The molecule has 0 fully saturated rings. The number of rotatable bonds is 7. The average molecular weight is 352 g/mol. The molecule has 0 radical (unpaired) electrons. The highest BCUT2D eigenvalue weighted by atomic mass is 16.5. The van der Waals surface area contributed by atoms with Crippen LogP contribution in [-0.4, -0.2) is 34.2 Å². The Kier molecular flexibility index (Phi) is 5.63. The van der Waals surface area contributed by atoms with Gasteiger partial charge in [-0.15, -0.1) is 0 Å².